The summed E-state index contributed by atoms with van der Waals surface area (Å²) in [6.45, 7) is 5.72. The first-order valence-corrected chi connectivity index (χ1v) is 5.39. The molecule has 0 bridgehead atoms. The molecule has 0 unspecified atom stereocenters. The van der Waals surface area contributed by atoms with Gasteiger partial charge in [0.2, 0.25) is 5.91 Å². The first kappa shape index (κ1) is 13.4. The van der Waals surface area contributed by atoms with Crippen LogP contribution in [-0.2, 0) is 9.59 Å². The lowest BCUT2D eigenvalue weighted by molar-refractivity contribution is -0.127. The average Bonchev–Trinajstić information content (AvgIpc) is 2.19. The number of alkyl halides is 1. The highest BCUT2D eigenvalue weighted by Crippen LogP contribution is 2.27. The molecule has 0 spiro atoms. The Kier molecular flexibility index (Phi) is 5.77. The van der Waals surface area contributed by atoms with E-state index in [1.165, 1.54) is 6.92 Å². The zero-order chi connectivity index (χ0) is 11.2. The molecule has 4 heteroatoms. The van der Waals surface area contributed by atoms with Gasteiger partial charge in [0.05, 0.1) is 5.88 Å². The molecule has 0 rings (SSSR count). The van der Waals surface area contributed by atoms with Crippen molar-refractivity contribution >= 4 is 23.3 Å². The first-order valence-electron chi connectivity index (χ1n) is 4.86. The Hall–Kier alpha value is -0.570. The van der Waals surface area contributed by atoms with Crippen molar-refractivity contribution in [2.75, 3.05) is 12.4 Å². The summed E-state index contributed by atoms with van der Waals surface area (Å²) in [6, 6.07) is 0. The van der Waals surface area contributed by atoms with Crippen molar-refractivity contribution in [2.45, 2.75) is 33.6 Å². The van der Waals surface area contributed by atoms with Gasteiger partial charge in [0.15, 0.2) is 5.78 Å². The number of amides is 1. The highest BCUT2D eigenvalue weighted by molar-refractivity contribution is 6.28. The zero-order valence-corrected chi connectivity index (χ0v) is 9.78. The Bertz CT molecular complexity index is 212. The summed E-state index contributed by atoms with van der Waals surface area (Å²) in [5.74, 6) is -0.0853. The van der Waals surface area contributed by atoms with Gasteiger partial charge in [0, 0.05) is 18.9 Å². The molecule has 0 saturated carbocycles. The van der Waals surface area contributed by atoms with Gasteiger partial charge in [-0.05, 0) is 12.8 Å². The highest BCUT2D eigenvalue weighted by atomic mass is 35.5. The van der Waals surface area contributed by atoms with E-state index in [4.69, 9.17) is 11.6 Å². The molecule has 1 N–H and O–H groups in total. The monoisotopic (exact) mass is 219 g/mol. The summed E-state index contributed by atoms with van der Waals surface area (Å²) in [5, 5.41) is 2.69. The predicted molar refractivity (Wildman–Crippen MR) is 57.4 cm³/mol. The molecule has 0 saturated heterocycles. The van der Waals surface area contributed by atoms with Crippen molar-refractivity contribution in [3.05, 3.63) is 0 Å². The average molecular weight is 220 g/mol. The number of nitrogens with one attached hydrogen (secondary N) is 1. The second-order valence-corrected chi connectivity index (χ2v) is 3.72. The summed E-state index contributed by atoms with van der Waals surface area (Å²) in [5.41, 5.74) is -0.479. The Morgan fingerprint density at radius 2 is 1.79 bits per heavy atom. The molecule has 3 nitrogen and oxygen atoms in total. The van der Waals surface area contributed by atoms with E-state index >= 15 is 0 Å². The van der Waals surface area contributed by atoms with Crippen LogP contribution in [0.2, 0.25) is 0 Å². The third kappa shape index (κ3) is 3.29. The smallest absolute Gasteiger partial charge is 0.216 e. The maximum atomic E-state index is 11.6. The van der Waals surface area contributed by atoms with E-state index in [-0.39, 0.29) is 17.6 Å². The molecule has 0 aliphatic heterocycles. The molecule has 0 aromatic rings. The molecular formula is C10H18ClNO2. The molecule has 0 fully saturated rings. The highest BCUT2D eigenvalue weighted by Gasteiger charge is 2.33. The SMILES string of the molecule is CCC(CC)(CNC(C)=O)C(=O)CCl. The van der Waals surface area contributed by atoms with E-state index in [0.29, 0.717) is 19.4 Å². The summed E-state index contributed by atoms with van der Waals surface area (Å²) >= 11 is 5.55. The molecule has 0 aliphatic carbocycles. The molecule has 82 valence electrons. The second-order valence-electron chi connectivity index (χ2n) is 3.45. The van der Waals surface area contributed by atoms with Crippen LogP contribution in [0.15, 0.2) is 0 Å². The van der Waals surface area contributed by atoms with Gasteiger partial charge in [-0.25, -0.2) is 0 Å². The number of hydrogen-bond donors (Lipinski definition) is 1. The summed E-state index contributed by atoms with van der Waals surface area (Å²) in [4.78, 5) is 22.4. The Morgan fingerprint density at radius 1 is 1.29 bits per heavy atom. The van der Waals surface area contributed by atoms with Crippen LogP contribution in [0.25, 0.3) is 0 Å². The third-order valence-corrected chi connectivity index (χ3v) is 2.98. The van der Waals surface area contributed by atoms with Crippen LogP contribution in [0.5, 0.6) is 0 Å². The van der Waals surface area contributed by atoms with Gasteiger partial charge in [0.25, 0.3) is 0 Å². The van der Waals surface area contributed by atoms with E-state index < -0.39 is 5.41 Å². The molecule has 1 amide bonds. The zero-order valence-electron chi connectivity index (χ0n) is 9.02. The minimum absolute atomic E-state index is 0.0120. The predicted octanol–water partition coefficient (Wildman–Crippen LogP) is 1.74. The van der Waals surface area contributed by atoms with Gasteiger partial charge in [-0.15, -0.1) is 11.6 Å². The first-order chi connectivity index (χ1) is 6.52. The minimum atomic E-state index is -0.479. The Labute approximate surface area is 90.2 Å². The fourth-order valence-corrected chi connectivity index (χ4v) is 1.71. The molecule has 0 atom stereocenters. The van der Waals surface area contributed by atoms with E-state index in [1.807, 2.05) is 13.8 Å². The Morgan fingerprint density at radius 3 is 2.07 bits per heavy atom. The standard InChI is InChI=1S/C10H18ClNO2/c1-4-10(5-2,9(14)6-11)7-12-8(3)13/h4-7H2,1-3H3,(H,12,13). The number of ketones is 1. The van der Waals surface area contributed by atoms with E-state index in [2.05, 4.69) is 5.32 Å². The van der Waals surface area contributed by atoms with Gasteiger partial charge in [-0.2, -0.15) is 0 Å². The normalized spacial score (nSPS) is 11.1. The minimum Gasteiger partial charge on any atom is -0.355 e. The third-order valence-electron chi connectivity index (χ3n) is 2.74. The summed E-state index contributed by atoms with van der Waals surface area (Å²) in [6.07, 6.45) is 1.41. The topological polar surface area (TPSA) is 46.2 Å². The lowest BCUT2D eigenvalue weighted by Crippen LogP contribution is -2.42. The van der Waals surface area contributed by atoms with Crippen LogP contribution in [0.3, 0.4) is 0 Å². The van der Waals surface area contributed by atoms with Gasteiger partial charge in [-0.3, -0.25) is 9.59 Å². The number of hydrogen-bond acceptors (Lipinski definition) is 2. The molecule has 0 heterocycles. The van der Waals surface area contributed by atoms with Crippen molar-refractivity contribution in [1.29, 1.82) is 0 Å². The fraction of sp³-hybridized carbons (Fsp3) is 0.800. The van der Waals surface area contributed by atoms with Crippen molar-refractivity contribution in [2.24, 2.45) is 5.41 Å². The molecule has 14 heavy (non-hydrogen) atoms. The van der Waals surface area contributed by atoms with Gasteiger partial charge in [-0.1, -0.05) is 13.8 Å². The second kappa shape index (κ2) is 6.02. The van der Waals surface area contributed by atoms with Crippen LogP contribution in [0, 0.1) is 5.41 Å². The van der Waals surface area contributed by atoms with E-state index in [9.17, 15) is 9.59 Å². The molecule has 0 aromatic heterocycles. The van der Waals surface area contributed by atoms with Crippen LogP contribution >= 0.6 is 11.6 Å². The van der Waals surface area contributed by atoms with Gasteiger partial charge in [0.1, 0.15) is 0 Å². The van der Waals surface area contributed by atoms with Crippen molar-refractivity contribution in [1.82, 2.24) is 5.32 Å². The molecular weight excluding hydrogens is 202 g/mol. The van der Waals surface area contributed by atoms with Gasteiger partial charge >= 0.3 is 0 Å². The van der Waals surface area contributed by atoms with Crippen molar-refractivity contribution < 1.29 is 9.59 Å². The van der Waals surface area contributed by atoms with Crippen LogP contribution < -0.4 is 5.32 Å². The van der Waals surface area contributed by atoms with Crippen molar-refractivity contribution in [3.8, 4) is 0 Å². The lowest BCUT2D eigenvalue weighted by Gasteiger charge is -2.29. The van der Waals surface area contributed by atoms with Gasteiger partial charge < -0.3 is 5.32 Å². The van der Waals surface area contributed by atoms with E-state index in [1.54, 1.807) is 0 Å². The van der Waals surface area contributed by atoms with Crippen LogP contribution in [-0.4, -0.2) is 24.1 Å². The number of rotatable bonds is 6. The molecule has 0 radical (unpaired) electrons. The number of Topliss-reactive ketones (excluding diaryl/α,β-unsaturated/α-hetero) is 1. The summed E-state index contributed by atoms with van der Waals surface area (Å²) in [7, 11) is 0. The fourth-order valence-electron chi connectivity index (χ4n) is 1.43. The molecule has 0 aliphatic rings. The quantitative estimate of drug-likeness (QED) is 0.692. The molecule has 0 aromatic carbocycles. The largest absolute Gasteiger partial charge is 0.355 e. The Balaban J connectivity index is 4.52. The van der Waals surface area contributed by atoms with E-state index in [0.717, 1.165) is 0 Å². The number of carbonyl (C=O) groups is 2. The van der Waals surface area contributed by atoms with Crippen molar-refractivity contribution in [3.63, 3.8) is 0 Å². The summed E-state index contributed by atoms with van der Waals surface area (Å²) < 4.78 is 0. The lowest BCUT2D eigenvalue weighted by atomic mass is 9.78. The maximum absolute atomic E-state index is 11.6. The van der Waals surface area contributed by atoms with Crippen LogP contribution in [0.4, 0.5) is 0 Å². The van der Waals surface area contributed by atoms with Crippen LogP contribution in [0.1, 0.15) is 33.6 Å². The number of halogens is 1. The maximum Gasteiger partial charge on any atom is 0.216 e. The number of carbonyl (C=O) groups excluding carboxylic acids is 2.